The average molecular weight is 480 g/mol. The molecule has 2 atom stereocenters. The predicted molar refractivity (Wildman–Crippen MR) is 125 cm³/mol. The molecule has 35 heavy (non-hydrogen) atoms. The summed E-state index contributed by atoms with van der Waals surface area (Å²) in [7, 11) is 0. The minimum Gasteiger partial charge on any atom is -0.393 e. The van der Waals surface area contributed by atoms with Gasteiger partial charge in [0.25, 0.3) is 5.91 Å². The van der Waals surface area contributed by atoms with E-state index in [0.29, 0.717) is 24.2 Å². The summed E-state index contributed by atoms with van der Waals surface area (Å²) in [6.45, 7) is 4.06. The normalized spacial score (nSPS) is 25.5. The maximum atomic E-state index is 14.4. The smallest absolute Gasteiger partial charge is 0.271 e. The van der Waals surface area contributed by atoms with E-state index in [1.165, 1.54) is 24.4 Å². The molecule has 1 aromatic carbocycles. The Kier molecular flexibility index (Phi) is 6.04. The number of aliphatic hydroxyl groups is 1. The molecule has 0 radical (unpaired) electrons. The summed E-state index contributed by atoms with van der Waals surface area (Å²) in [6.07, 6.45) is 6.12. The third-order valence-electron chi connectivity index (χ3n) is 7.37. The highest BCUT2D eigenvalue weighted by molar-refractivity contribution is 5.92. The predicted octanol–water partition coefficient (Wildman–Crippen LogP) is 4.06. The molecule has 0 spiro atoms. The van der Waals surface area contributed by atoms with E-state index in [-0.39, 0.29) is 40.9 Å². The van der Waals surface area contributed by atoms with Crippen LogP contribution in [0.15, 0.2) is 36.7 Å². The van der Waals surface area contributed by atoms with Crippen LogP contribution in [0.3, 0.4) is 0 Å². The molecule has 0 bridgehead atoms. The van der Waals surface area contributed by atoms with Crippen LogP contribution < -0.4 is 5.32 Å². The molecule has 3 aromatic rings. The Morgan fingerprint density at radius 2 is 1.94 bits per heavy atom. The number of nitrogens with zero attached hydrogens (tertiary/aromatic N) is 4. The van der Waals surface area contributed by atoms with Crippen LogP contribution in [0.4, 0.5) is 8.78 Å². The molecule has 0 aliphatic heterocycles. The number of nitrogens with one attached hydrogen (secondary N) is 1. The summed E-state index contributed by atoms with van der Waals surface area (Å²) < 4.78 is 28.9. The Morgan fingerprint density at radius 3 is 2.63 bits per heavy atom. The lowest BCUT2D eigenvalue weighted by atomic mass is 9.68. The second-order valence-electron chi connectivity index (χ2n) is 9.69. The fourth-order valence-corrected chi connectivity index (χ4v) is 5.13. The number of amides is 1. The highest BCUT2D eigenvalue weighted by Crippen LogP contribution is 2.46. The van der Waals surface area contributed by atoms with E-state index >= 15 is 0 Å². The number of hydrogen-bond donors (Lipinski definition) is 2. The third kappa shape index (κ3) is 4.18. The van der Waals surface area contributed by atoms with Crippen molar-refractivity contribution in [1.82, 2.24) is 25.5 Å². The zero-order valence-corrected chi connectivity index (χ0v) is 19.6. The molecule has 182 valence electrons. The van der Waals surface area contributed by atoms with Crippen LogP contribution in [0.2, 0.25) is 0 Å². The van der Waals surface area contributed by atoms with Gasteiger partial charge in [-0.3, -0.25) is 9.78 Å². The molecule has 2 aliphatic carbocycles. The van der Waals surface area contributed by atoms with E-state index in [0.717, 1.165) is 24.8 Å². The zero-order chi connectivity index (χ0) is 24.7. The highest BCUT2D eigenvalue weighted by Gasteiger charge is 2.41. The van der Waals surface area contributed by atoms with Gasteiger partial charge in [-0.25, -0.2) is 13.8 Å². The van der Waals surface area contributed by atoms with Gasteiger partial charge in [-0.1, -0.05) is 13.0 Å². The number of carbonyl (C=O) groups excluding carboxylic acids is 1. The van der Waals surface area contributed by atoms with E-state index in [9.17, 15) is 18.7 Å². The molecule has 9 heteroatoms. The summed E-state index contributed by atoms with van der Waals surface area (Å²) >= 11 is 0. The van der Waals surface area contributed by atoms with Gasteiger partial charge in [-0.2, -0.15) is 5.10 Å². The summed E-state index contributed by atoms with van der Waals surface area (Å²) in [5, 5.41) is 21.0. The van der Waals surface area contributed by atoms with Crippen LogP contribution in [0.25, 0.3) is 11.3 Å². The van der Waals surface area contributed by atoms with Crippen LogP contribution in [-0.4, -0.2) is 43.3 Å². The molecule has 2 aliphatic rings. The summed E-state index contributed by atoms with van der Waals surface area (Å²) in [6, 6.07) is 5.40. The number of hydrogen-bond acceptors (Lipinski definition) is 6. The number of benzene rings is 1. The Morgan fingerprint density at radius 1 is 1.20 bits per heavy atom. The quantitative estimate of drug-likeness (QED) is 0.573. The number of aromatic nitrogens is 4. The van der Waals surface area contributed by atoms with Crippen molar-refractivity contribution in [2.75, 3.05) is 0 Å². The summed E-state index contributed by atoms with van der Waals surface area (Å²) in [4.78, 5) is 21.6. The third-order valence-corrected chi connectivity index (χ3v) is 7.37. The largest absolute Gasteiger partial charge is 0.393 e. The molecular weight excluding hydrogens is 452 g/mol. The molecule has 2 heterocycles. The lowest BCUT2D eigenvalue weighted by Gasteiger charge is -2.37. The number of halogens is 2. The van der Waals surface area contributed by atoms with Gasteiger partial charge >= 0.3 is 0 Å². The lowest BCUT2D eigenvalue weighted by molar-refractivity contribution is 0.0560. The van der Waals surface area contributed by atoms with Crippen molar-refractivity contribution in [3.8, 4) is 11.3 Å². The Bertz CT molecular complexity index is 1260. The Balaban J connectivity index is 1.53. The number of aliphatic hydroxyl groups excluding tert-OH is 1. The molecule has 5 rings (SSSR count). The van der Waals surface area contributed by atoms with Crippen molar-refractivity contribution in [1.29, 1.82) is 0 Å². The van der Waals surface area contributed by atoms with Gasteiger partial charge in [0.1, 0.15) is 17.3 Å². The number of fused-ring (bicyclic) bond motifs is 1. The second-order valence-corrected chi connectivity index (χ2v) is 9.69. The van der Waals surface area contributed by atoms with Gasteiger partial charge in [-0.05, 0) is 68.7 Å². The molecule has 2 N–H and O–H groups in total. The first-order chi connectivity index (χ1) is 16.8. The standard InChI is InChI=1S/C26H27F2N5O2/c1-3-14-7-8-26(2,22-13-29-12-21(31-22)25(35)30-15-9-16(34)10-15)24-17(14)11-20(32-33-24)23-18(27)5-4-6-19(23)28/h4-6,11-16,34H,3,7-10H2,1-2H3,(H,30,35)/t14-,15-,16+,26+/m0/s1. The summed E-state index contributed by atoms with van der Waals surface area (Å²) in [5.74, 6) is -1.55. The monoisotopic (exact) mass is 479 g/mol. The van der Waals surface area contributed by atoms with E-state index < -0.39 is 17.0 Å². The second kappa shape index (κ2) is 9.03. The number of carbonyl (C=O) groups is 1. The molecule has 1 fully saturated rings. The van der Waals surface area contributed by atoms with Crippen molar-refractivity contribution in [2.45, 2.75) is 69.4 Å². The average Bonchev–Trinajstić information content (AvgIpc) is 2.83. The van der Waals surface area contributed by atoms with Crippen LogP contribution in [0.5, 0.6) is 0 Å². The van der Waals surface area contributed by atoms with E-state index in [1.54, 1.807) is 12.3 Å². The fourth-order valence-electron chi connectivity index (χ4n) is 5.13. The molecule has 7 nitrogen and oxygen atoms in total. The lowest BCUT2D eigenvalue weighted by Crippen LogP contribution is -2.47. The topological polar surface area (TPSA) is 101 Å². The van der Waals surface area contributed by atoms with Gasteiger partial charge in [0.15, 0.2) is 0 Å². The van der Waals surface area contributed by atoms with Crippen LogP contribution in [0, 0.1) is 11.6 Å². The molecule has 0 saturated heterocycles. The van der Waals surface area contributed by atoms with E-state index in [2.05, 4.69) is 32.4 Å². The zero-order valence-electron chi connectivity index (χ0n) is 19.6. The first-order valence-electron chi connectivity index (χ1n) is 11.9. The first-order valence-corrected chi connectivity index (χ1v) is 11.9. The fraction of sp³-hybridized carbons (Fsp3) is 0.423. The molecule has 1 saturated carbocycles. The van der Waals surface area contributed by atoms with Gasteiger partial charge in [-0.15, -0.1) is 5.10 Å². The van der Waals surface area contributed by atoms with Crippen LogP contribution >= 0.6 is 0 Å². The van der Waals surface area contributed by atoms with Gasteiger partial charge < -0.3 is 10.4 Å². The Labute approximate surface area is 202 Å². The van der Waals surface area contributed by atoms with E-state index in [1.807, 2.05) is 6.92 Å². The van der Waals surface area contributed by atoms with Crippen molar-refractivity contribution < 1.29 is 18.7 Å². The Hall–Kier alpha value is -3.33. The minimum atomic E-state index is -0.686. The van der Waals surface area contributed by atoms with Gasteiger partial charge in [0.05, 0.1) is 40.4 Å². The SMILES string of the molecule is CC[C@H]1CC[C@](C)(c2cncc(C(=O)N[C@H]3C[C@@H](O)C3)n2)c2nnc(-c3c(F)cccc3F)cc21. The maximum Gasteiger partial charge on any atom is 0.271 e. The van der Waals surface area contributed by atoms with Crippen molar-refractivity contribution in [3.05, 3.63) is 70.9 Å². The van der Waals surface area contributed by atoms with Crippen molar-refractivity contribution in [3.63, 3.8) is 0 Å². The highest BCUT2D eigenvalue weighted by atomic mass is 19.1. The molecule has 0 unspecified atom stereocenters. The van der Waals surface area contributed by atoms with Gasteiger partial charge in [0.2, 0.25) is 0 Å². The van der Waals surface area contributed by atoms with Crippen LogP contribution in [0.1, 0.15) is 79.3 Å². The molecular formula is C26H27F2N5O2. The van der Waals surface area contributed by atoms with Crippen molar-refractivity contribution >= 4 is 5.91 Å². The molecule has 2 aromatic heterocycles. The maximum absolute atomic E-state index is 14.4. The summed E-state index contributed by atoms with van der Waals surface area (Å²) in [5.41, 5.74) is 1.65. The number of rotatable bonds is 5. The van der Waals surface area contributed by atoms with Gasteiger partial charge in [0, 0.05) is 12.2 Å². The van der Waals surface area contributed by atoms with Crippen molar-refractivity contribution in [2.24, 2.45) is 0 Å². The van der Waals surface area contributed by atoms with E-state index in [4.69, 9.17) is 0 Å². The minimum absolute atomic E-state index is 0.0673. The first kappa shape index (κ1) is 23.4. The van der Waals surface area contributed by atoms with Crippen LogP contribution in [-0.2, 0) is 5.41 Å². The molecule has 1 amide bonds.